The normalized spacial score (nSPS) is 12.6. The van der Waals surface area contributed by atoms with Gasteiger partial charge in [-0.2, -0.15) is 5.10 Å². The molecule has 0 radical (unpaired) electrons. The van der Waals surface area contributed by atoms with Crippen molar-refractivity contribution in [1.82, 2.24) is 18.7 Å². The van der Waals surface area contributed by atoms with Crippen molar-refractivity contribution in [1.29, 1.82) is 0 Å². The van der Waals surface area contributed by atoms with E-state index in [1.807, 2.05) is 7.05 Å². The molecule has 0 bridgehead atoms. The molecule has 0 saturated carbocycles. The summed E-state index contributed by atoms with van der Waals surface area (Å²) in [4.78, 5) is 4.18. The molecule has 0 spiro atoms. The maximum absolute atomic E-state index is 11.6. The summed E-state index contributed by atoms with van der Waals surface area (Å²) in [5, 5.41) is 5.82. The van der Waals surface area contributed by atoms with Gasteiger partial charge in [-0.1, -0.05) is 0 Å². The van der Waals surface area contributed by atoms with Crippen LogP contribution < -0.4 is 0 Å². The summed E-state index contributed by atoms with van der Waals surface area (Å²) in [5.41, 5.74) is 1.32. The van der Waals surface area contributed by atoms with E-state index in [-0.39, 0.29) is 0 Å². The van der Waals surface area contributed by atoms with Gasteiger partial charge in [0.15, 0.2) is 5.65 Å². The van der Waals surface area contributed by atoms with Gasteiger partial charge in [-0.15, -0.1) is 0 Å². The lowest BCUT2D eigenvalue weighted by molar-refractivity contribution is 0.595. The Morgan fingerprint density at radius 3 is 2.76 bits per heavy atom. The molecule has 0 saturated heterocycles. The van der Waals surface area contributed by atoms with E-state index in [2.05, 4.69) is 10.1 Å². The number of pyridine rings is 1. The highest BCUT2D eigenvalue weighted by Crippen LogP contribution is 2.24. The molecule has 0 N–H and O–H groups in total. The lowest BCUT2D eigenvalue weighted by Crippen LogP contribution is -2.08. The molecule has 3 aromatic heterocycles. The Hall–Kier alpha value is -1.89. The van der Waals surface area contributed by atoms with Gasteiger partial charge in [0, 0.05) is 30.2 Å². The van der Waals surface area contributed by atoms with Crippen molar-refractivity contribution in [2.24, 2.45) is 7.05 Å². The van der Waals surface area contributed by atoms with E-state index in [1.165, 1.54) is 10.2 Å². The first-order valence-electron chi connectivity index (χ1n) is 4.97. The summed E-state index contributed by atoms with van der Waals surface area (Å²) in [6.07, 6.45) is 6.01. The van der Waals surface area contributed by atoms with Crippen molar-refractivity contribution in [3.8, 4) is 0 Å². The lowest BCUT2D eigenvalue weighted by Gasteiger charge is -2.01. The Bertz CT molecular complexity index is 829. The topological polar surface area (TPSA) is 69.8 Å². The van der Waals surface area contributed by atoms with Gasteiger partial charge in [0.2, 0.25) is 10.0 Å². The molecule has 0 atom stereocenters. The number of hydrogen-bond donors (Lipinski definition) is 0. The first-order chi connectivity index (χ1) is 7.98. The predicted molar refractivity (Wildman–Crippen MR) is 64.2 cm³/mol. The lowest BCUT2D eigenvalue weighted by atomic mass is 10.2. The third kappa shape index (κ3) is 1.35. The van der Waals surface area contributed by atoms with Gasteiger partial charge < -0.3 is 0 Å². The third-order valence-corrected chi connectivity index (χ3v) is 3.74. The Kier molecular flexibility index (Phi) is 1.86. The minimum Gasteiger partial charge on any atom is -0.267 e. The summed E-state index contributed by atoms with van der Waals surface area (Å²) < 4.78 is 26.0. The first-order valence-corrected chi connectivity index (χ1v) is 6.81. The number of aromatic nitrogens is 4. The number of fused-ring (bicyclic) bond motifs is 3. The van der Waals surface area contributed by atoms with Crippen LogP contribution in [0.25, 0.3) is 21.9 Å². The van der Waals surface area contributed by atoms with E-state index >= 15 is 0 Å². The minimum absolute atomic E-state index is 0.434. The van der Waals surface area contributed by atoms with Gasteiger partial charge in [-0.3, -0.25) is 4.68 Å². The van der Waals surface area contributed by atoms with Gasteiger partial charge in [-0.05, 0) is 6.07 Å². The highest BCUT2D eigenvalue weighted by molar-refractivity contribution is 7.89. The predicted octanol–water partition coefficient (Wildman–Crippen LogP) is 0.731. The van der Waals surface area contributed by atoms with Crippen LogP contribution in [-0.2, 0) is 17.1 Å². The highest BCUT2D eigenvalue weighted by Gasteiger charge is 2.14. The van der Waals surface area contributed by atoms with Gasteiger partial charge in [-0.25, -0.2) is 17.4 Å². The van der Waals surface area contributed by atoms with E-state index in [4.69, 9.17) is 0 Å². The minimum atomic E-state index is -3.33. The van der Waals surface area contributed by atoms with Crippen LogP contribution >= 0.6 is 0 Å². The molecule has 0 aromatic carbocycles. The molecule has 0 amide bonds. The molecule has 6 nitrogen and oxygen atoms in total. The molecule has 0 aliphatic carbocycles. The van der Waals surface area contributed by atoms with Gasteiger partial charge in [0.1, 0.15) is 0 Å². The van der Waals surface area contributed by atoms with Crippen LogP contribution in [0.2, 0.25) is 0 Å². The van der Waals surface area contributed by atoms with E-state index < -0.39 is 10.0 Å². The molecule has 88 valence electrons. The Labute approximate surface area is 97.5 Å². The fourth-order valence-electron chi connectivity index (χ4n) is 1.99. The Balaban J connectivity index is 2.55. The maximum Gasteiger partial charge on any atom is 0.237 e. The molecule has 17 heavy (non-hydrogen) atoms. The van der Waals surface area contributed by atoms with E-state index in [1.54, 1.807) is 23.1 Å². The summed E-state index contributed by atoms with van der Waals surface area (Å²) in [6.45, 7) is 0. The van der Waals surface area contributed by atoms with Crippen LogP contribution in [0.1, 0.15) is 0 Å². The van der Waals surface area contributed by atoms with Crippen molar-refractivity contribution in [3.05, 3.63) is 24.7 Å². The fourth-order valence-corrected chi connectivity index (χ4v) is 2.74. The molecule has 3 rings (SSSR count). The van der Waals surface area contributed by atoms with Crippen molar-refractivity contribution in [2.75, 3.05) is 6.26 Å². The average molecular weight is 250 g/mol. The van der Waals surface area contributed by atoms with Crippen molar-refractivity contribution < 1.29 is 8.42 Å². The van der Waals surface area contributed by atoms with Crippen molar-refractivity contribution in [3.63, 3.8) is 0 Å². The second-order valence-corrected chi connectivity index (χ2v) is 5.80. The molecular weight excluding hydrogens is 240 g/mol. The smallest absolute Gasteiger partial charge is 0.237 e. The third-order valence-electron chi connectivity index (χ3n) is 2.73. The molecule has 3 heterocycles. The Morgan fingerprint density at radius 1 is 1.29 bits per heavy atom. The van der Waals surface area contributed by atoms with E-state index in [9.17, 15) is 8.42 Å². The molecule has 0 aliphatic rings. The van der Waals surface area contributed by atoms with Crippen LogP contribution in [0.5, 0.6) is 0 Å². The van der Waals surface area contributed by atoms with Gasteiger partial charge in [0.25, 0.3) is 0 Å². The summed E-state index contributed by atoms with van der Waals surface area (Å²) in [6, 6.07) is 1.74. The average Bonchev–Trinajstić information content (AvgIpc) is 2.80. The SMILES string of the molecule is Cn1ncc2cnc3c(ccn3S(C)(=O)=O)c21. The van der Waals surface area contributed by atoms with Crippen LogP contribution in [0.3, 0.4) is 0 Å². The zero-order valence-electron chi connectivity index (χ0n) is 9.32. The quantitative estimate of drug-likeness (QED) is 0.638. The van der Waals surface area contributed by atoms with E-state index in [0.717, 1.165) is 22.5 Å². The molecular formula is C10H10N4O2S. The zero-order chi connectivity index (χ0) is 12.2. The highest BCUT2D eigenvalue weighted by atomic mass is 32.2. The molecule has 0 fully saturated rings. The number of hydrogen-bond acceptors (Lipinski definition) is 4. The largest absolute Gasteiger partial charge is 0.267 e. The van der Waals surface area contributed by atoms with Crippen LogP contribution in [0.4, 0.5) is 0 Å². The standard InChI is InChI=1S/C10H10N4O2S/c1-13-9-7(6-12-13)5-11-10-8(9)3-4-14(10)17(2,15)16/h3-6H,1-2H3. The fraction of sp³-hybridized carbons (Fsp3) is 0.200. The number of rotatable bonds is 1. The van der Waals surface area contributed by atoms with Gasteiger partial charge in [0.05, 0.1) is 18.0 Å². The van der Waals surface area contributed by atoms with Crippen LogP contribution in [0.15, 0.2) is 24.7 Å². The van der Waals surface area contributed by atoms with Crippen LogP contribution in [-0.4, -0.2) is 33.4 Å². The van der Waals surface area contributed by atoms with Crippen molar-refractivity contribution in [2.45, 2.75) is 0 Å². The number of nitrogens with zero attached hydrogens (tertiary/aromatic N) is 4. The van der Waals surface area contributed by atoms with Gasteiger partial charge >= 0.3 is 0 Å². The summed E-state index contributed by atoms with van der Waals surface area (Å²) in [5.74, 6) is 0. The molecule has 0 unspecified atom stereocenters. The molecule has 3 aromatic rings. The van der Waals surface area contributed by atoms with Crippen molar-refractivity contribution >= 4 is 32.0 Å². The zero-order valence-corrected chi connectivity index (χ0v) is 10.1. The first kappa shape index (κ1) is 10.3. The molecule has 0 aliphatic heterocycles. The maximum atomic E-state index is 11.6. The monoisotopic (exact) mass is 250 g/mol. The summed E-state index contributed by atoms with van der Waals surface area (Å²) >= 11 is 0. The Morgan fingerprint density at radius 2 is 2.06 bits per heavy atom. The second-order valence-electron chi connectivity index (χ2n) is 3.94. The molecule has 7 heteroatoms. The van der Waals surface area contributed by atoms with E-state index in [0.29, 0.717) is 5.65 Å². The van der Waals surface area contributed by atoms with Crippen LogP contribution in [0, 0.1) is 0 Å². The number of aryl methyl sites for hydroxylation is 1. The summed E-state index contributed by atoms with van der Waals surface area (Å²) in [7, 11) is -1.51. The second kappa shape index (κ2) is 3.07.